The third kappa shape index (κ3) is 6.31. The first kappa shape index (κ1) is 24.4. The molecule has 0 unspecified atom stereocenters. The summed E-state index contributed by atoms with van der Waals surface area (Å²) in [5.74, 6) is -0.204. The molecule has 0 aromatic heterocycles. The summed E-state index contributed by atoms with van der Waals surface area (Å²) in [5, 5.41) is 11.1. The third-order valence-electron chi connectivity index (χ3n) is 4.87. The Bertz CT molecular complexity index is 888. The lowest BCUT2D eigenvalue weighted by atomic mass is 9.75. The average Bonchev–Trinajstić information content (AvgIpc) is 2.70. The standard InChI is InChI=1S/C25H31NO5/c1-24(2,3)19-13-18(31-29)14-20(25(4,5)6)22(19)21(27)15-26(7)23(28)30-16-17-11-9-8-10-12-17/h8-13H,15-16H2,1-7H3. The molecular weight excluding hydrogens is 394 g/mol. The van der Waals surface area contributed by atoms with E-state index in [1.165, 1.54) is 11.9 Å². The maximum atomic E-state index is 13.4. The molecule has 1 amide bonds. The number of hydrogen-bond donors (Lipinski definition) is 0. The SMILES string of the molecule is CN(CC(=O)c1c(C(C)(C)C)[c]c(O[O])cc1C(C)(C)C)C(=O)OCc1ccccc1. The predicted octanol–water partition coefficient (Wildman–Crippen LogP) is 5.26. The van der Waals surface area contributed by atoms with Gasteiger partial charge in [-0.15, -0.1) is 0 Å². The Morgan fingerprint density at radius 3 is 2.13 bits per heavy atom. The number of ketones is 1. The van der Waals surface area contributed by atoms with Gasteiger partial charge in [-0.25, -0.2) is 4.79 Å². The lowest BCUT2D eigenvalue weighted by molar-refractivity contribution is -0.208. The molecule has 0 aliphatic rings. The molecule has 0 spiro atoms. The topological polar surface area (TPSA) is 75.7 Å². The summed E-state index contributed by atoms with van der Waals surface area (Å²) < 4.78 is 5.32. The molecular formula is C25H31NO5. The molecule has 166 valence electrons. The second-order valence-corrected chi connectivity index (χ2v) is 9.70. The average molecular weight is 426 g/mol. The van der Waals surface area contributed by atoms with Gasteiger partial charge < -0.3 is 14.5 Å². The van der Waals surface area contributed by atoms with Gasteiger partial charge in [0.2, 0.25) is 0 Å². The summed E-state index contributed by atoms with van der Waals surface area (Å²) in [6.07, 6.45) is -0.588. The van der Waals surface area contributed by atoms with Gasteiger partial charge >= 0.3 is 6.09 Å². The highest BCUT2D eigenvalue weighted by Gasteiger charge is 2.31. The van der Waals surface area contributed by atoms with E-state index in [-0.39, 0.29) is 24.7 Å². The van der Waals surface area contributed by atoms with Crippen LogP contribution in [0.15, 0.2) is 36.4 Å². The lowest BCUT2D eigenvalue weighted by Gasteiger charge is -2.30. The van der Waals surface area contributed by atoms with E-state index in [4.69, 9.17) is 4.74 Å². The zero-order valence-electron chi connectivity index (χ0n) is 19.4. The number of amides is 1. The fourth-order valence-corrected chi connectivity index (χ4v) is 3.24. The van der Waals surface area contributed by atoms with E-state index in [0.29, 0.717) is 16.7 Å². The van der Waals surface area contributed by atoms with Crippen LogP contribution >= 0.6 is 0 Å². The summed E-state index contributed by atoms with van der Waals surface area (Å²) in [6, 6.07) is 13.8. The molecule has 6 nitrogen and oxygen atoms in total. The number of likely N-dealkylation sites (N-methyl/N-ethyl adjacent to an activating group) is 1. The van der Waals surface area contributed by atoms with E-state index >= 15 is 0 Å². The maximum absolute atomic E-state index is 13.4. The number of benzene rings is 2. The van der Waals surface area contributed by atoms with E-state index in [2.05, 4.69) is 11.0 Å². The van der Waals surface area contributed by atoms with E-state index in [9.17, 15) is 14.8 Å². The van der Waals surface area contributed by atoms with Crippen molar-refractivity contribution in [2.24, 2.45) is 0 Å². The largest absolute Gasteiger partial charge is 0.445 e. The number of carbonyl (C=O) groups excluding carboxylic acids is 2. The third-order valence-corrected chi connectivity index (χ3v) is 4.87. The summed E-state index contributed by atoms with van der Waals surface area (Å²) in [6.45, 7) is 11.7. The molecule has 31 heavy (non-hydrogen) atoms. The Morgan fingerprint density at radius 1 is 1.00 bits per heavy atom. The van der Waals surface area contributed by atoms with Crippen molar-refractivity contribution in [3.05, 3.63) is 64.7 Å². The zero-order chi connectivity index (χ0) is 23.4. The van der Waals surface area contributed by atoms with Crippen molar-refractivity contribution in [3.63, 3.8) is 0 Å². The minimum atomic E-state index is -0.588. The molecule has 0 aliphatic carbocycles. The Hall–Kier alpha value is -2.86. The van der Waals surface area contributed by atoms with Crippen molar-refractivity contribution in [1.82, 2.24) is 4.90 Å². The number of ether oxygens (including phenoxy) is 1. The number of hydrogen-bond acceptors (Lipinski definition) is 4. The Labute approximate surface area is 184 Å². The van der Waals surface area contributed by atoms with Gasteiger partial charge in [0.1, 0.15) is 6.61 Å². The number of Topliss-reactive ketones (excluding diaryl/α,β-unsaturated/α-hetero) is 1. The first-order valence-corrected chi connectivity index (χ1v) is 10.2. The van der Waals surface area contributed by atoms with Gasteiger partial charge in [0.15, 0.2) is 11.5 Å². The maximum Gasteiger partial charge on any atom is 0.410 e. The van der Waals surface area contributed by atoms with Crippen molar-refractivity contribution in [2.45, 2.75) is 59.0 Å². The number of carbonyl (C=O) groups is 2. The van der Waals surface area contributed by atoms with Crippen LogP contribution in [0.3, 0.4) is 0 Å². The molecule has 2 rings (SSSR count). The predicted molar refractivity (Wildman–Crippen MR) is 118 cm³/mol. The Kier molecular flexibility index (Phi) is 7.49. The minimum Gasteiger partial charge on any atom is -0.445 e. The zero-order valence-corrected chi connectivity index (χ0v) is 19.4. The van der Waals surface area contributed by atoms with E-state index in [1.54, 1.807) is 6.07 Å². The molecule has 0 saturated carbocycles. The van der Waals surface area contributed by atoms with Crippen LogP contribution in [0.25, 0.3) is 0 Å². The molecule has 0 bridgehead atoms. The minimum absolute atomic E-state index is 0.0435. The van der Waals surface area contributed by atoms with Gasteiger partial charge in [0.05, 0.1) is 6.54 Å². The molecule has 0 heterocycles. The van der Waals surface area contributed by atoms with E-state index < -0.39 is 16.9 Å². The molecule has 6 heteroatoms. The van der Waals surface area contributed by atoms with E-state index in [0.717, 1.165) is 5.56 Å². The van der Waals surface area contributed by atoms with Crippen LogP contribution < -0.4 is 4.89 Å². The first-order valence-electron chi connectivity index (χ1n) is 10.2. The fraction of sp³-hybridized carbons (Fsp3) is 0.440. The van der Waals surface area contributed by atoms with Crippen molar-refractivity contribution >= 4 is 11.9 Å². The number of nitrogens with zero attached hydrogens (tertiary/aromatic N) is 1. The summed E-state index contributed by atoms with van der Waals surface area (Å²) in [4.78, 5) is 31.3. The van der Waals surface area contributed by atoms with Gasteiger partial charge in [-0.1, -0.05) is 71.9 Å². The molecule has 2 aromatic rings. The van der Waals surface area contributed by atoms with Gasteiger partial charge in [-0.3, -0.25) is 4.79 Å². The van der Waals surface area contributed by atoms with Gasteiger partial charge in [0, 0.05) is 23.9 Å². The van der Waals surface area contributed by atoms with Crippen LogP contribution in [-0.4, -0.2) is 30.4 Å². The molecule has 2 radical (unpaired) electrons. The highest BCUT2D eigenvalue weighted by molar-refractivity contribution is 6.02. The highest BCUT2D eigenvalue weighted by Crippen LogP contribution is 2.37. The van der Waals surface area contributed by atoms with Crippen LogP contribution in [-0.2, 0) is 27.4 Å². The molecule has 0 saturated heterocycles. The van der Waals surface area contributed by atoms with E-state index in [1.807, 2.05) is 71.9 Å². The van der Waals surface area contributed by atoms with Crippen LogP contribution in [0.5, 0.6) is 5.75 Å². The van der Waals surface area contributed by atoms with Crippen molar-refractivity contribution in [1.29, 1.82) is 0 Å². The van der Waals surface area contributed by atoms with Crippen LogP contribution in [0.1, 0.15) is 68.6 Å². The Balaban J connectivity index is 2.31. The fourth-order valence-electron chi connectivity index (χ4n) is 3.24. The van der Waals surface area contributed by atoms with Gasteiger partial charge in [0.25, 0.3) is 0 Å². The van der Waals surface area contributed by atoms with Crippen molar-refractivity contribution in [3.8, 4) is 5.75 Å². The van der Waals surface area contributed by atoms with Crippen LogP contribution in [0.4, 0.5) is 4.79 Å². The smallest absolute Gasteiger partial charge is 0.410 e. The normalized spacial score (nSPS) is 11.7. The molecule has 0 aliphatic heterocycles. The van der Waals surface area contributed by atoms with Crippen molar-refractivity contribution in [2.75, 3.05) is 13.6 Å². The summed E-state index contributed by atoms with van der Waals surface area (Å²) in [7, 11) is 1.53. The van der Waals surface area contributed by atoms with Gasteiger partial charge in [-0.05, 0) is 33.6 Å². The second-order valence-electron chi connectivity index (χ2n) is 9.70. The molecule has 2 aromatic carbocycles. The molecule has 0 fully saturated rings. The highest BCUT2D eigenvalue weighted by atomic mass is 17.1. The Morgan fingerprint density at radius 2 is 1.61 bits per heavy atom. The van der Waals surface area contributed by atoms with Gasteiger partial charge in [-0.2, -0.15) is 0 Å². The number of rotatable bonds is 6. The summed E-state index contributed by atoms with van der Waals surface area (Å²) in [5.41, 5.74) is 1.69. The first-order chi connectivity index (χ1) is 14.3. The van der Waals surface area contributed by atoms with Crippen molar-refractivity contribution < 1.29 is 24.5 Å². The van der Waals surface area contributed by atoms with Crippen LogP contribution in [0, 0.1) is 6.07 Å². The quantitative estimate of drug-likeness (QED) is 0.359. The summed E-state index contributed by atoms with van der Waals surface area (Å²) >= 11 is 0. The van der Waals surface area contributed by atoms with Crippen LogP contribution in [0.2, 0.25) is 0 Å². The molecule has 0 N–H and O–H groups in total. The molecule has 0 atom stereocenters. The second kappa shape index (κ2) is 9.52. The lowest BCUT2D eigenvalue weighted by Crippen LogP contribution is -2.35. The monoisotopic (exact) mass is 425 g/mol.